The van der Waals surface area contributed by atoms with Crippen LogP contribution in [0.4, 0.5) is 5.95 Å². The third kappa shape index (κ3) is 3.76. The zero-order valence-corrected chi connectivity index (χ0v) is 13.2. The van der Waals surface area contributed by atoms with E-state index in [0.717, 1.165) is 17.0 Å². The van der Waals surface area contributed by atoms with Crippen LogP contribution in [0, 0.1) is 20.8 Å². The highest BCUT2D eigenvalue weighted by Crippen LogP contribution is 2.24. The number of nitrogens with two attached hydrogens (primary N) is 1. The number of hydrazine groups is 1. The van der Waals surface area contributed by atoms with Crippen molar-refractivity contribution in [1.29, 1.82) is 0 Å². The molecule has 0 unspecified atom stereocenters. The molecule has 112 valence electrons. The van der Waals surface area contributed by atoms with Crippen molar-refractivity contribution >= 4 is 17.7 Å². The minimum atomic E-state index is 0.212. The van der Waals surface area contributed by atoms with Crippen molar-refractivity contribution in [3.63, 3.8) is 0 Å². The molecule has 2 aromatic rings. The zero-order valence-electron chi connectivity index (χ0n) is 12.3. The second-order valence-electron chi connectivity index (χ2n) is 4.21. The molecule has 0 atom stereocenters. The van der Waals surface area contributed by atoms with E-state index in [2.05, 4.69) is 30.3 Å². The Morgan fingerprint density at radius 1 is 1.00 bits per heavy atom. The van der Waals surface area contributed by atoms with E-state index in [1.165, 1.54) is 11.8 Å². The monoisotopic (exact) mass is 307 g/mol. The Balaban J connectivity index is 2.32. The molecule has 2 heterocycles. The lowest BCUT2D eigenvalue weighted by Crippen LogP contribution is -2.13. The molecule has 8 nitrogen and oxygen atoms in total. The maximum absolute atomic E-state index is 5.35. The molecule has 0 aliphatic rings. The van der Waals surface area contributed by atoms with E-state index in [1.807, 2.05) is 27.7 Å². The van der Waals surface area contributed by atoms with Gasteiger partial charge in [0.15, 0.2) is 5.16 Å². The maximum Gasteiger partial charge on any atom is 0.322 e. The molecule has 0 fully saturated rings. The minimum Gasteiger partial charge on any atom is -0.464 e. The van der Waals surface area contributed by atoms with Crippen molar-refractivity contribution in [2.24, 2.45) is 5.84 Å². The number of aromatic nitrogens is 5. The Hall–Kier alpha value is -2.00. The maximum atomic E-state index is 5.35. The molecule has 0 aliphatic heterocycles. The first-order chi connectivity index (χ1) is 10.0. The molecule has 9 heteroatoms. The molecule has 0 spiro atoms. The predicted octanol–water partition coefficient (Wildman–Crippen LogP) is 1.42. The van der Waals surface area contributed by atoms with Gasteiger partial charge in [0.25, 0.3) is 0 Å². The summed E-state index contributed by atoms with van der Waals surface area (Å²) in [6, 6.07) is 0.212. The minimum absolute atomic E-state index is 0.212. The fraction of sp³-hybridized carbons (Fsp3) is 0.417. The summed E-state index contributed by atoms with van der Waals surface area (Å²) in [5.41, 5.74) is 5.33. The molecular weight excluding hydrogens is 290 g/mol. The Bertz CT molecular complexity index is 626. The number of nitrogens with one attached hydrogen (secondary N) is 1. The van der Waals surface area contributed by atoms with Crippen molar-refractivity contribution in [2.45, 2.75) is 38.0 Å². The summed E-state index contributed by atoms with van der Waals surface area (Å²) in [4.78, 5) is 21.2. The third-order valence-corrected chi connectivity index (χ3v) is 3.52. The molecule has 0 bridgehead atoms. The average molecular weight is 307 g/mol. The van der Waals surface area contributed by atoms with Crippen molar-refractivity contribution in [1.82, 2.24) is 24.9 Å². The highest BCUT2D eigenvalue weighted by molar-refractivity contribution is 7.99. The van der Waals surface area contributed by atoms with E-state index in [1.54, 1.807) is 0 Å². The van der Waals surface area contributed by atoms with E-state index >= 15 is 0 Å². The zero-order chi connectivity index (χ0) is 15.4. The smallest absolute Gasteiger partial charge is 0.322 e. The standard InChI is InChI=1S/C12H17N7OS/c1-5-20-10-16-9(19-13)17-12(18-10)21-11-14-7(3)6(2)8(4)15-11/h5,13H2,1-4H3,(H,16,17,18,19). The fourth-order valence-corrected chi connectivity index (χ4v) is 2.29. The molecule has 21 heavy (non-hydrogen) atoms. The number of rotatable bonds is 5. The fourth-order valence-electron chi connectivity index (χ4n) is 1.51. The van der Waals surface area contributed by atoms with E-state index in [4.69, 9.17) is 10.6 Å². The van der Waals surface area contributed by atoms with E-state index in [0.29, 0.717) is 16.9 Å². The first-order valence-corrected chi connectivity index (χ1v) is 7.20. The average Bonchev–Trinajstić information content (AvgIpc) is 2.44. The normalized spacial score (nSPS) is 10.5. The van der Waals surface area contributed by atoms with Gasteiger partial charge >= 0.3 is 6.01 Å². The second kappa shape index (κ2) is 6.64. The summed E-state index contributed by atoms with van der Waals surface area (Å²) in [5, 5.41) is 0.997. The topological polar surface area (TPSA) is 112 Å². The lowest BCUT2D eigenvalue weighted by atomic mass is 10.2. The van der Waals surface area contributed by atoms with Crippen LogP contribution in [0.3, 0.4) is 0 Å². The number of anilines is 1. The van der Waals surface area contributed by atoms with Crippen LogP contribution >= 0.6 is 11.8 Å². The Morgan fingerprint density at radius 3 is 2.19 bits per heavy atom. The van der Waals surface area contributed by atoms with Gasteiger partial charge in [0.05, 0.1) is 6.61 Å². The van der Waals surface area contributed by atoms with Crippen LogP contribution in [0.15, 0.2) is 10.3 Å². The lowest BCUT2D eigenvalue weighted by Gasteiger charge is -2.08. The third-order valence-electron chi connectivity index (χ3n) is 2.79. The van der Waals surface area contributed by atoms with Gasteiger partial charge in [-0.25, -0.2) is 15.8 Å². The summed E-state index contributed by atoms with van der Waals surface area (Å²) < 4.78 is 5.28. The first kappa shape index (κ1) is 15.4. The van der Waals surface area contributed by atoms with Crippen LogP contribution < -0.4 is 16.0 Å². The number of nitrogens with zero attached hydrogens (tertiary/aromatic N) is 5. The van der Waals surface area contributed by atoms with Crippen molar-refractivity contribution in [3.05, 3.63) is 17.0 Å². The molecule has 0 amide bonds. The van der Waals surface area contributed by atoms with Gasteiger partial charge in [-0.3, -0.25) is 5.43 Å². The summed E-state index contributed by atoms with van der Waals surface area (Å²) in [6.07, 6.45) is 0. The summed E-state index contributed by atoms with van der Waals surface area (Å²) >= 11 is 1.23. The van der Waals surface area contributed by atoms with Crippen molar-refractivity contribution < 1.29 is 4.74 Å². The van der Waals surface area contributed by atoms with E-state index in [9.17, 15) is 0 Å². The van der Waals surface area contributed by atoms with Crippen molar-refractivity contribution in [3.8, 4) is 6.01 Å². The Morgan fingerprint density at radius 2 is 1.62 bits per heavy atom. The molecule has 0 aliphatic carbocycles. The summed E-state index contributed by atoms with van der Waals surface area (Å²) in [6.45, 7) is 8.19. The molecular formula is C12H17N7OS. The molecule has 2 rings (SSSR count). The van der Waals surface area contributed by atoms with Crippen molar-refractivity contribution in [2.75, 3.05) is 12.0 Å². The number of hydrogen-bond acceptors (Lipinski definition) is 9. The molecule has 2 aromatic heterocycles. The van der Waals surface area contributed by atoms with Gasteiger partial charge in [0.1, 0.15) is 0 Å². The quantitative estimate of drug-likeness (QED) is 0.481. The van der Waals surface area contributed by atoms with Gasteiger partial charge in [0, 0.05) is 11.4 Å². The summed E-state index contributed by atoms with van der Waals surface area (Å²) in [5.74, 6) is 5.58. The largest absolute Gasteiger partial charge is 0.464 e. The van der Waals surface area contributed by atoms with Crippen LogP contribution in [0.25, 0.3) is 0 Å². The molecule has 3 N–H and O–H groups in total. The highest BCUT2D eigenvalue weighted by Gasteiger charge is 2.12. The van der Waals surface area contributed by atoms with Crippen LogP contribution in [0.1, 0.15) is 23.9 Å². The number of ether oxygens (including phenoxy) is 1. The molecule has 0 aromatic carbocycles. The van der Waals surface area contributed by atoms with Crippen LogP contribution in [0.2, 0.25) is 0 Å². The van der Waals surface area contributed by atoms with Crippen LogP contribution in [0.5, 0.6) is 6.01 Å². The van der Waals surface area contributed by atoms with E-state index < -0.39 is 0 Å². The van der Waals surface area contributed by atoms with Crippen LogP contribution in [-0.4, -0.2) is 31.5 Å². The molecule has 0 saturated heterocycles. The first-order valence-electron chi connectivity index (χ1n) is 6.38. The van der Waals surface area contributed by atoms with Gasteiger partial charge in [-0.15, -0.1) is 0 Å². The predicted molar refractivity (Wildman–Crippen MR) is 79.2 cm³/mol. The Labute approximate surface area is 127 Å². The number of nitrogen functional groups attached to an aromatic ring is 1. The summed E-state index contributed by atoms with van der Waals surface area (Å²) in [7, 11) is 0. The van der Waals surface area contributed by atoms with Crippen LogP contribution in [-0.2, 0) is 0 Å². The van der Waals surface area contributed by atoms with E-state index in [-0.39, 0.29) is 12.0 Å². The lowest BCUT2D eigenvalue weighted by molar-refractivity contribution is 0.308. The van der Waals surface area contributed by atoms with Gasteiger partial charge < -0.3 is 4.74 Å². The second-order valence-corrected chi connectivity index (χ2v) is 5.14. The number of hydrogen-bond donors (Lipinski definition) is 2. The SMILES string of the molecule is CCOc1nc(NN)nc(Sc2nc(C)c(C)c(C)n2)n1. The molecule has 0 radical (unpaired) electrons. The van der Waals surface area contributed by atoms with Gasteiger partial charge in [-0.05, 0) is 45.0 Å². The Kier molecular flexibility index (Phi) is 4.86. The van der Waals surface area contributed by atoms with Gasteiger partial charge in [0.2, 0.25) is 11.1 Å². The highest BCUT2D eigenvalue weighted by atomic mass is 32.2. The van der Waals surface area contributed by atoms with Gasteiger partial charge in [-0.2, -0.15) is 15.0 Å². The van der Waals surface area contributed by atoms with Gasteiger partial charge in [-0.1, -0.05) is 0 Å². The number of aryl methyl sites for hydroxylation is 2. The molecule has 0 saturated carbocycles.